The predicted molar refractivity (Wildman–Crippen MR) is 106 cm³/mol. The molecule has 28 heavy (non-hydrogen) atoms. The third-order valence-electron chi connectivity index (χ3n) is 7.29. The van der Waals surface area contributed by atoms with E-state index in [-0.39, 0.29) is 5.41 Å². The summed E-state index contributed by atoms with van der Waals surface area (Å²) >= 11 is 0. The largest absolute Gasteiger partial charge is 0.381 e. The van der Waals surface area contributed by atoms with Crippen LogP contribution in [0, 0.1) is 5.41 Å². The molecule has 1 aromatic rings. The third-order valence-corrected chi connectivity index (χ3v) is 9.14. The number of aryl methyl sites for hydroxylation is 1. The van der Waals surface area contributed by atoms with Gasteiger partial charge in [0.05, 0.1) is 5.69 Å². The summed E-state index contributed by atoms with van der Waals surface area (Å²) in [5, 5.41) is 4.94. The molecule has 7 nitrogen and oxygen atoms in total. The van der Waals surface area contributed by atoms with Crippen LogP contribution in [0.3, 0.4) is 0 Å². The Morgan fingerprint density at radius 3 is 2.39 bits per heavy atom. The van der Waals surface area contributed by atoms with Crippen LogP contribution < -0.4 is 0 Å². The van der Waals surface area contributed by atoms with Gasteiger partial charge in [-0.15, -0.1) is 0 Å². The summed E-state index contributed by atoms with van der Waals surface area (Å²) in [6.45, 7) is 5.08. The average Bonchev–Trinajstić information content (AvgIpc) is 3.04. The van der Waals surface area contributed by atoms with E-state index in [1.54, 1.807) is 16.0 Å². The standard InChI is InChI=1S/C20H32N4O3S/c1-22-19(11-18(21-22)16-5-3-2-4-6-16)28(25,26)24-14-20(15-24)12-23(13-20)17-7-9-27-10-8-17/h11,16-17H,2-10,12-15H2,1H3. The normalized spacial score (nSPS) is 27.6. The van der Waals surface area contributed by atoms with Gasteiger partial charge in [0.1, 0.15) is 0 Å². The van der Waals surface area contributed by atoms with Gasteiger partial charge in [0.2, 0.25) is 0 Å². The van der Waals surface area contributed by atoms with E-state index in [1.165, 1.54) is 19.3 Å². The van der Waals surface area contributed by atoms with E-state index in [2.05, 4.69) is 10.00 Å². The molecule has 8 heteroatoms. The fraction of sp³-hybridized carbons (Fsp3) is 0.850. The van der Waals surface area contributed by atoms with Crippen molar-refractivity contribution < 1.29 is 13.2 Å². The first kappa shape index (κ1) is 19.0. The third kappa shape index (κ3) is 3.22. The number of likely N-dealkylation sites (tertiary alicyclic amines) is 1. The second-order valence-corrected chi connectivity index (χ2v) is 11.3. The lowest BCUT2D eigenvalue weighted by atomic mass is 9.73. The minimum atomic E-state index is -3.45. The highest BCUT2D eigenvalue weighted by Crippen LogP contribution is 2.44. The number of aromatic nitrogens is 2. The lowest BCUT2D eigenvalue weighted by Crippen LogP contribution is -2.74. The van der Waals surface area contributed by atoms with E-state index in [0.717, 1.165) is 57.7 Å². The quantitative estimate of drug-likeness (QED) is 0.762. The van der Waals surface area contributed by atoms with Crippen molar-refractivity contribution in [2.24, 2.45) is 12.5 Å². The molecule has 5 rings (SSSR count). The molecule has 0 unspecified atom stereocenters. The Labute approximate surface area is 168 Å². The van der Waals surface area contributed by atoms with Crippen LogP contribution in [-0.4, -0.2) is 72.8 Å². The Morgan fingerprint density at radius 2 is 1.71 bits per heavy atom. The molecule has 156 valence electrons. The van der Waals surface area contributed by atoms with Gasteiger partial charge in [-0.2, -0.15) is 9.40 Å². The predicted octanol–water partition coefficient (Wildman–Crippen LogP) is 1.95. The Morgan fingerprint density at radius 1 is 1.04 bits per heavy atom. The molecular formula is C20H32N4O3S. The molecule has 0 N–H and O–H groups in total. The van der Waals surface area contributed by atoms with Crippen LogP contribution in [0.5, 0.6) is 0 Å². The van der Waals surface area contributed by atoms with Crippen LogP contribution in [0.2, 0.25) is 0 Å². The van der Waals surface area contributed by atoms with Gasteiger partial charge < -0.3 is 4.74 Å². The van der Waals surface area contributed by atoms with Crippen LogP contribution >= 0.6 is 0 Å². The number of rotatable bonds is 4. The molecule has 0 amide bonds. The molecule has 4 fully saturated rings. The summed E-state index contributed by atoms with van der Waals surface area (Å²) in [7, 11) is -1.68. The first-order chi connectivity index (χ1) is 13.5. The number of ether oxygens (including phenoxy) is 1. The second-order valence-electron chi connectivity index (χ2n) is 9.39. The van der Waals surface area contributed by atoms with Crippen LogP contribution in [0.15, 0.2) is 11.1 Å². The van der Waals surface area contributed by atoms with Crippen molar-refractivity contribution in [3.63, 3.8) is 0 Å². The van der Waals surface area contributed by atoms with Crippen molar-refractivity contribution in [1.82, 2.24) is 19.0 Å². The van der Waals surface area contributed by atoms with Crippen molar-refractivity contribution in [1.29, 1.82) is 0 Å². The van der Waals surface area contributed by atoms with Gasteiger partial charge in [-0.25, -0.2) is 8.42 Å². The Bertz CT molecular complexity index is 811. The molecule has 4 heterocycles. The molecule has 1 saturated carbocycles. The van der Waals surface area contributed by atoms with Crippen LogP contribution in [0.4, 0.5) is 0 Å². The highest BCUT2D eigenvalue weighted by molar-refractivity contribution is 7.89. The molecule has 0 atom stereocenters. The van der Waals surface area contributed by atoms with E-state index in [9.17, 15) is 8.42 Å². The zero-order chi connectivity index (χ0) is 19.4. The first-order valence-electron chi connectivity index (χ1n) is 10.8. The molecule has 3 saturated heterocycles. The smallest absolute Gasteiger partial charge is 0.260 e. The molecule has 1 aliphatic carbocycles. The fourth-order valence-corrected chi connectivity index (χ4v) is 7.44. The van der Waals surface area contributed by atoms with Gasteiger partial charge >= 0.3 is 0 Å². The van der Waals surface area contributed by atoms with Crippen molar-refractivity contribution in [3.05, 3.63) is 11.8 Å². The van der Waals surface area contributed by atoms with E-state index < -0.39 is 10.0 Å². The Hall–Kier alpha value is -0.960. The number of nitrogens with zero attached hydrogens (tertiary/aromatic N) is 4. The minimum absolute atomic E-state index is 0.177. The zero-order valence-electron chi connectivity index (χ0n) is 16.8. The van der Waals surface area contributed by atoms with Gasteiger partial charge in [-0.1, -0.05) is 19.3 Å². The van der Waals surface area contributed by atoms with Crippen LogP contribution in [0.25, 0.3) is 0 Å². The summed E-state index contributed by atoms with van der Waals surface area (Å²) in [6, 6.07) is 2.46. The van der Waals surface area contributed by atoms with Gasteiger partial charge in [-0.05, 0) is 25.7 Å². The number of hydrogen-bond acceptors (Lipinski definition) is 5. The maximum Gasteiger partial charge on any atom is 0.260 e. The lowest BCUT2D eigenvalue weighted by Gasteiger charge is -2.61. The Kier molecular flexibility index (Phi) is 4.81. The van der Waals surface area contributed by atoms with Crippen LogP contribution in [-0.2, 0) is 21.8 Å². The van der Waals surface area contributed by atoms with Crippen molar-refractivity contribution in [2.45, 2.75) is 61.9 Å². The van der Waals surface area contributed by atoms with Gasteiger partial charge in [0.25, 0.3) is 10.0 Å². The van der Waals surface area contributed by atoms with Crippen LogP contribution in [0.1, 0.15) is 56.6 Å². The first-order valence-corrected chi connectivity index (χ1v) is 12.3. The van der Waals surface area contributed by atoms with E-state index in [4.69, 9.17) is 4.74 Å². The van der Waals surface area contributed by atoms with E-state index in [0.29, 0.717) is 30.1 Å². The summed E-state index contributed by atoms with van der Waals surface area (Å²) in [5.41, 5.74) is 1.14. The van der Waals surface area contributed by atoms with Gasteiger partial charge in [0, 0.05) is 69.9 Å². The maximum atomic E-state index is 13.2. The minimum Gasteiger partial charge on any atom is -0.381 e. The molecule has 4 aliphatic rings. The highest BCUT2D eigenvalue weighted by Gasteiger charge is 2.56. The number of hydrogen-bond donors (Lipinski definition) is 0. The van der Waals surface area contributed by atoms with Gasteiger partial charge in [0.15, 0.2) is 5.03 Å². The summed E-state index contributed by atoms with van der Waals surface area (Å²) < 4.78 is 35.1. The van der Waals surface area contributed by atoms with E-state index >= 15 is 0 Å². The molecule has 0 radical (unpaired) electrons. The molecular weight excluding hydrogens is 376 g/mol. The fourth-order valence-electron chi connectivity index (χ4n) is 5.64. The van der Waals surface area contributed by atoms with Crippen molar-refractivity contribution in [2.75, 3.05) is 39.4 Å². The topological polar surface area (TPSA) is 67.7 Å². The zero-order valence-corrected chi connectivity index (χ0v) is 17.7. The molecule has 0 aromatic carbocycles. The highest BCUT2D eigenvalue weighted by atomic mass is 32.2. The van der Waals surface area contributed by atoms with Gasteiger partial charge in [-0.3, -0.25) is 9.58 Å². The summed E-state index contributed by atoms with van der Waals surface area (Å²) in [5.74, 6) is 0.422. The Balaban J connectivity index is 1.22. The maximum absolute atomic E-state index is 13.2. The molecule has 0 bridgehead atoms. The average molecular weight is 409 g/mol. The molecule has 3 aliphatic heterocycles. The summed E-state index contributed by atoms with van der Waals surface area (Å²) in [6.07, 6.45) is 8.21. The monoisotopic (exact) mass is 408 g/mol. The lowest BCUT2D eigenvalue weighted by molar-refractivity contribution is -0.116. The molecule has 1 aromatic heterocycles. The number of sulfonamides is 1. The van der Waals surface area contributed by atoms with Crippen molar-refractivity contribution in [3.8, 4) is 0 Å². The van der Waals surface area contributed by atoms with Crippen molar-refractivity contribution >= 4 is 10.0 Å². The van der Waals surface area contributed by atoms with E-state index in [1.807, 2.05) is 6.07 Å². The second kappa shape index (κ2) is 7.07. The SMILES string of the molecule is Cn1nc(C2CCCCC2)cc1S(=O)(=O)N1CC2(CN(C3CCOCC3)C2)C1. The summed E-state index contributed by atoms with van der Waals surface area (Å²) in [4.78, 5) is 2.53. The molecule has 1 spiro atoms.